The second kappa shape index (κ2) is 7.83. The molecule has 2 aliphatic heterocycles. The van der Waals surface area contributed by atoms with E-state index in [1.807, 2.05) is 0 Å². The maximum absolute atomic E-state index is 15.2. The molecule has 0 amide bonds. The molecular formula is C22H18F3N5O4. The molecule has 9 nitrogen and oxygen atoms in total. The van der Waals surface area contributed by atoms with Crippen LogP contribution in [0.1, 0.15) is 10.4 Å². The fourth-order valence-corrected chi connectivity index (χ4v) is 4.44. The van der Waals surface area contributed by atoms with E-state index in [1.165, 1.54) is 7.11 Å². The standard InChI is InChI=1S/C22H18F3N5O4/c1-34-28-17-7-29(10-22(17)8-26-9-22)20-15(25)5-12-18(31)13(21(32)33)6-30(19(12)27-20)16-3-2-11(23)4-14(16)24/h2-6,26H,7-10H2,1H3,(H,32,33)/b28-17+. The number of fused-ring (bicyclic) bond motifs is 1. The number of pyridine rings is 2. The van der Waals surface area contributed by atoms with E-state index in [2.05, 4.69) is 15.5 Å². The second-order valence-corrected chi connectivity index (χ2v) is 8.27. The SMILES string of the molecule is CO/N=C1\CN(c2nc3c(cc2F)c(=O)c(C(=O)O)cn3-c2ccc(F)cc2F)CC12CNC2. The molecule has 0 aliphatic carbocycles. The van der Waals surface area contributed by atoms with Crippen LogP contribution in [0, 0.1) is 22.9 Å². The van der Waals surface area contributed by atoms with Crippen molar-refractivity contribution < 1.29 is 27.9 Å². The lowest BCUT2D eigenvalue weighted by molar-refractivity contribution is 0.0695. The zero-order valence-electron chi connectivity index (χ0n) is 17.8. The summed E-state index contributed by atoms with van der Waals surface area (Å²) >= 11 is 0. The maximum Gasteiger partial charge on any atom is 0.341 e. The predicted molar refractivity (Wildman–Crippen MR) is 116 cm³/mol. The molecule has 1 aromatic carbocycles. The molecule has 0 radical (unpaired) electrons. The van der Waals surface area contributed by atoms with E-state index in [1.54, 1.807) is 4.90 Å². The first-order valence-corrected chi connectivity index (χ1v) is 10.2. The number of oxime groups is 1. The number of carboxylic acids is 1. The van der Waals surface area contributed by atoms with Crippen LogP contribution in [0.3, 0.4) is 0 Å². The summed E-state index contributed by atoms with van der Waals surface area (Å²) in [6, 6.07) is 3.57. The highest BCUT2D eigenvalue weighted by atomic mass is 19.1. The van der Waals surface area contributed by atoms with Gasteiger partial charge in [-0.2, -0.15) is 0 Å². The molecule has 3 aromatic rings. The molecular weight excluding hydrogens is 455 g/mol. The van der Waals surface area contributed by atoms with Gasteiger partial charge in [0, 0.05) is 31.9 Å². The molecule has 12 heteroatoms. The van der Waals surface area contributed by atoms with Crippen molar-refractivity contribution in [3.05, 3.63) is 63.7 Å². The molecule has 2 N–H and O–H groups in total. The quantitative estimate of drug-likeness (QED) is 0.558. The third kappa shape index (κ3) is 3.29. The number of aromatic nitrogens is 2. The van der Waals surface area contributed by atoms with Crippen LogP contribution in [0.5, 0.6) is 0 Å². The monoisotopic (exact) mass is 473 g/mol. The van der Waals surface area contributed by atoms with Crippen LogP contribution in [-0.2, 0) is 4.84 Å². The average molecular weight is 473 g/mol. The summed E-state index contributed by atoms with van der Waals surface area (Å²) < 4.78 is 44.4. The van der Waals surface area contributed by atoms with Gasteiger partial charge in [-0.1, -0.05) is 5.16 Å². The van der Waals surface area contributed by atoms with Gasteiger partial charge in [-0.05, 0) is 18.2 Å². The Balaban J connectivity index is 1.73. The topological polar surface area (TPSA) is 109 Å². The summed E-state index contributed by atoms with van der Waals surface area (Å²) in [5, 5.41) is 16.3. The summed E-state index contributed by atoms with van der Waals surface area (Å²) in [6.07, 6.45) is 0.900. The Morgan fingerprint density at radius 2 is 2.00 bits per heavy atom. The van der Waals surface area contributed by atoms with Crippen molar-refractivity contribution in [1.29, 1.82) is 0 Å². The Hall–Kier alpha value is -3.93. The highest BCUT2D eigenvalue weighted by Gasteiger charge is 2.50. The summed E-state index contributed by atoms with van der Waals surface area (Å²) in [4.78, 5) is 35.3. The smallest absolute Gasteiger partial charge is 0.341 e. The number of anilines is 1. The van der Waals surface area contributed by atoms with Crippen molar-refractivity contribution in [1.82, 2.24) is 14.9 Å². The number of hydrogen-bond acceptors (Lipinski definition) is 7. The van der Waals surface area contributed by atoms with Crippen molar-refractivity contribution >= 4 is 28.5 Å². The molecule has 1 spiro atoms. The first-order valence-electron chi connectivity index (χ1n) is 10.2. The fourth-order valence-electron chi connectivity index (χ4n) is 4.44. The Morgan fingerprint density at radius 3 is 2.62 bits per heavy atom. The molecule has 0 atom stereocenters. The molecule has 2 saturated heterocycles. The van der Waals surface area contributed by atoms with Crippen molar-refractivity contribution in [3.63, 3.8) is 0 Å². The number of benzene rings is 1. The first-order chi connectivity index (χ1) is 16.2. The third-order valence-electron chi connectivity index (χ3n) is 6.19. The molecule has 0 bridgehead atoms. The minimum Gasteiger partial charge on any atom is -0.477 e. The van der Waals surface area contributed by atoms with E-state index in [9.17, 15) is 23.5 Å². The molecule has 2 aromatic heterocycles. The number of carbonyl (C=O) groups is 1. The lowest BCUT2D eigenvalue weighted by Gasteiger charge is -2.38. The average Bonchev–Trinajstić information content (AvgIpc) is 3.14. The van der Waals surface area contributed by atoms with E-state index in [4.69, 9.17) is 4.84 Å². The first kappa shape index (κ1) is 21.9. The van der Waals surface area contributed by atoms with Crippen molar-refractivity contribution in [2.45, 2.75) is 0 Å². The van der Waals surface area contributed by atoms with Gasteiger partial charge in [-0.3, -0.25) is 9.36 Å². The lowest BCUT2D eigenvalue weighted by atomic mass is 9.79. The third-order valence-corrected chi connectivity index (χ3v) is 6.19. The van der Waals surface area contributed by atoms with E-state index < -0.39 is 34.4 Å². The van der Waals surface area contributed by atoms with Gasteiger partial charge in [0.1, 0.15) is 24.3 Å². The highest BCUT2D eigenvalue weighted by molar-refractivity contribution is 5.99. The van der Waals surface area contributed by atoms with Crippen LogP contribution in [0.4, 0.5) is 19.0 Å². The Morgan fingerprint density at radius 1 is 1.24 bits per heavy atom. The summed E-state index contributed by atoms with van der Waals surface area (Å²) in [5.74, 6) is -4.39. The van der Waals surface area contributed by atoms with Crippen LogP contribution < -0.4 is 15.6 Å². The zero-order chi connectivity index (χ0) is 24.2. The maximum atomic E-state index is 15.2. The van der Waals surface area contributed by atoms with Crippen LogP contribution in [-0.4, -0.2) is 59.6 Å². The van der Waals surface area contributed by atoms with Crippen molar-refractivity contribution in [2.75, 3.05) is 38.2 Å². The number of carboxylic acid groups (broad SMARTS) is 1. The number of hydrogen-bond donors (Lipinski definition) is 2. The van der Waals surface area contributed by atoms with Crippen molar-refractivity contribution in [2.24, 2.45) is 10.6 Å². The number of aromatic carboxylic acids is 1. The zero-order valence-corrected chi connectivity index (χ0v) is 17.8. The van der Waals surface area contributed by atoms with Crippen molar-refractivity contribution in [3.8, 4) is 5.69 Å². The van der Waals surface area contributed by atoms with E-state index in [-0.39, 0.29) is 34.5 Å². The Labute approximate surface area is 190 Å². The number of nitrogens with zero attached hydrogens (tertiary/aromatic N) is 4. The summed E-state index contributed by atoms with van der Waals surface area (Å²) in [5.41, 5.74) is -1.74. The molecule has 0 saturated carbocycles. The van der Waals surface area contributed by atoms with E-state index in [0.717, 1.165) is 29.0 Å². The van der Waals surface area contributed by atoms with Crippen LogP contribution >= 0.6 is 0 Å². The molecule has 0 unspecified atom stereocenters. The minimum absolute atomic E-state index is 0.112. The van der Waals surface area contributed by atoms with Gasteiger partial charge in [0.25, 0.3) is 0 Å². The number of halogens is 3. The normalized spacial score (nSPS) is 18.0. The highest BCUT2D eigenvalue weighted by Crippen LogP contribution is 2.36. The van der Waals surface area contributed by atoms with E-state index >= 15 is 4.39 Å². The summed E-state index contributed by atoms with van der Waals surface area (Å²) in [7, 11) is 1.42. The van der Waals surface area contributed by atoms with Crippen LogP contribution in [0.15, 0.2) is 40.4 Å². The number of rotatable bonds is 4. The fraction of sp³-hybridized carbons (Fsp3) is 0.273. The van der Waals surface area contributed by atoms with Gasteiger partial charge < -0.3 is 20.2 Å². The summed E-state index contributed by atoms with van der Waals surface area (Å²) in [6.45, 7) is 1.83. The predicted octanol–water partition coefficient (Wildman–Crippen LogP) is 1.91. The van der Waals surface area contributed by atoms with Gasteiger partial charge in [0.15, 0.2) is 17.3 Å². The van der Waals surface area contributed by atoms with E-state index in [0.29, 0.717) is 31.4 Å². The molecule has 34 heavy (non-hydrogen) atoms. The van der Waals surface area contributed by atoms with Gasteiger partial charge >= 0.3 is 5.97 Å². The minimum atomic E-state index is -1.58. The number of nitrogens with one attached hydrogen (secondary N) is 1. The molecule has 5 rings (SSSR count). The van der Waals surface area contributed by atoms with Crippen LogP contribution in [0.25, 0.3) is 16.7 Å². The van der Waals surface area contributed by atoms with Crippen LogP contribution in [0.2, 0.25) is 0 Å². The molecule has 2 aliphatic rings. The largest absolute Gasteiger partial charge is 0.477 e. The lowest BCUT2D eigenvalue weighted by Crippen LogP contribution is -2.58. The van der Waals surface area contributed by atoms with Gasteiger partial charge in [0.05, 0.1) is 28.7 Å². The Kier molecular flexibility index (Phi) is 5.04. The molecule has 2 fully saturated rings. The van der Waals surface area contributed by atoms with Gasteiger partial charge in [-0.25, -0.2) is 22.9 Å². The Bertz CT molecular complexity index is 1430. The molecule has 4 heterocycles. The van der Waals surface area contributed by atoms with Gasteiger partial charge in [0.2, 0.25) is 5.43 Å². The van der Waals surface area contributed by atoms with Gasteiger partial charge in [-0.15, -0.1) is 0 Å². The second-order valence-electron chi connectivity index (χ2n) is 8.27. The molecule has 176 valence electrons.